The lowest BCUT2D eigenvalue weighted by Gasteiger charge is -2.33. The van der Waals surface area contributed by atoms with Gasteiger partial charge in [0.2, 0.25) is 5.91 Å². The zero-order chi connectivity index (χ0) is 29.8. The molecule has 2 aliphatic heterocycles. The van der Waals surface area contributed by atoms with E-state index in [1.807, 2.05) is 6.07 Å². The van der Waals surface area contributed by atoms with Gasteiger partial charge >= 0.3 is 18.3 Å². The molecule has 4 rings (SSSR count). The molecule has 3 heterocycles. The minimum absolute atomic E-state index is 0.0294. The van der Waals surface area contributed by atoms with Gasteiger partial charge in [-0.25, -0.2) is 4.98 Å². The van der Waals surface area contributed by atoms with E-state index in [1.54, 1.807) is 0 Å². The molecule has 2 atom stereocenters. The van der Waals surface area contributed by atoms with Crippen LogP contribution in [-0.2, 0) is 34.8 Å². The van der Waals surface area contributed by atoms with E-state index in [4.69, 9.17) is 0 Å². The van der Waals surface area contributed by atoms with Crippen molar-refractivity contribution in [2.45, 2.75) is 63.3 Å². The van der Waals surface area contributed by atoms with Crippen molar-refractivity contribution < 1.29 is 41.0 Å². The summed E-state index contributed by atoms with van der Waals surface area (Å²) in [7, 11) is 0. The van der Waals surface area contributed by atoms with Crippen molar-refractivity contribution >= 4 is 17.7 Å². The molecule has 1 amide bonds. The van der Waals surface area contributed by atoms with E-state index in [2.05, 4.69) is 26.6 Å². The summed E-state index contributed by atoms with van der Waals surface area (Å²) in [6, 6.07) is 3.42. The molecule has 3 N–H and O–H groups in total. The van der Waals surface area contributed by atoms with Gasteiger partial charge in [-0.15, -0.1) is 0 Å². The molecule has 0 bridgehead atoms. The molecule has 2 aliphatic rings. The second-order valence-electron chi connectivity index (χ2n) is 10.6. The number of carboxylic acids is 1. The maximum atomic E-state index is 13.4. The predicted octanol–water partition coefficient (Wildman–Crippen LogP) is 5.45. The number of nitrogens with zero attached hydrogens (tertiary/aromatic N) is 2. The van der Waals surface area contributed by atoms with Crippen molar-refractivity contribution in [1.29, 1.82) is 0 Å². The number of aliphatic carboxylic acids is 1. The van der Waals surface area contributed by atoms with Crippen molar-refractivity contribution in [3.05, 3.63) is 58.3 Å². The molecular weight excluding hydrogens is 554 g/mol. The monoisotopic (exact) mass is 586 g/mol. The minimum atomic E-state index is -5.09. The molecule has 2 aromatic rings. The van der Waals surface area contributed by atoms with E-state index in [0.717, 1.165) is 50.3 Å². The van der Waals surface area contributed by atoms with Gasteiger partial charge < -0.3 is 20.6 Å². The molecule has 13 heteroatoms. The summed E-state index contributed by atoms with van der Waals surface area (Å²) in [5.41, 5.74) is -1.55. The lowest BCUT2D eigenvalue weighted by atomic mass is 9.94. The third kappa shape index (κ3) is 8.34. The Bertz CT molecular complexity index is 1220. The second-order valence-corrected chi connectivity index (χ2v) is 10.6. The maximum Gasteiger partial charge on any atom is 0.416 e. The van der Waals surface area contributed by atoms with Crippen LogP contribution in [0.5, 0.6) is 0 Å². The predicted molar refractivity (Wildman–Crippen MR) is 138 cm³/mol. The quantitative estimate of drug-likeness (QED) is 0.338. The van der Waals surface area contributed by atoms with Crippen LogP contribution in [0.2, 0.25) is 0 Å². The Morgan fingerprint density at radius 1 is 1.07 bits per heavy atom. The molecule has 1 fully saturated rings. The molecular formula is C28H32F6N4O3. The van der Waals surface area contributed by atoms with E-state index in [1.165, 1.54) is 5.56 Å². The molecule has 1 aromatic carbocycles. The molecule has 0 radical (unpaired) electrons. The van der Waals surface area contributed by atoms with Crippen molar-refractivity contribution in [2.75, 3.05) is 31.5 Å². The van der Waals surface area contributed by atoms with Crippen molar-refractivity contribution in [1.82, 2.24) is 15.2 Å². The molecule has 0 aliphatic carbocycles. The highest BCUT2D eigenvalue weighted by Crippen LogP contribution is 2.38. The number of piperidine rings is 1. The van der Waals surface area contributed by atoms with E-state index in [9.17, 15) is 41.0 Å². The van der Waals surface area contributed by atoms with Crippen LogP contribution in [0, 0.1) is 5.92 Å². The third-order valence-corrected chi connectivity index (χ3v) is 7.44. The summed E-state index contributed by atoms with van der Waals surface area (Å²) in [4.78, 5) is 31.3. The first kappa shape index (κ1) is 30.6. The number of rotatable bonds is 9. The molecule has 1 saturated heterocycles. The molecule has 7 nitrogen and oxygen atoms in total. The number of hydrogen-bond donors (Lipinski definition) is 3. The number of amides is 1. The zero-order valence-electron chi connectivity index (χ0n) is 22.2. The lowest BCUT2D eigenvalue weighted by Crippen LogP contribution is -2.44. The van der Waals surface area contributed by atoms with Gasteiger partial charge in [-0.2, -0.15) is 26.3 Å². The van der Waals surface area contributed by atoms with Gasteiger partial charge in [0.1, 0.15) is 5.82 Å². The highest BCUT2D eigenvalue weighted by molar-refractivity contribution is 5.80. The molecule has 0 saturated carbocycles. The number of hydrogen-bond acceptors (Lipinski definition) is 5. The standard InChI is InChI=1S/C28H32F6N4O3/c29-27(30,31)20-12-19(13-21(14-20)28(32,33)34)23(15-24(39)40)37-26(41)18-5-2-10-38(16-18)11-3-6-22-8-7-17-4-1-9-35-25(17)36-22/h7-8,12-14,18,23H,1-6,9-11,15-16H2,(H,35,36)(H,37,41)(H,39,40)/t18-,23?/m1/s1. The van der Waals surface area contributed by atoms with Crippen molar-refractivity contribution in [3.63, 3.8) is 0 Å². The number of aromatic nitrogens is 1. The third-order valence-electron chi connectivity index (χ3n) is 7.44. The number of benzene rings is 1. The average molecular weight is 587 g/mol. The number of carbonyl (C=O) groups excluding carboxylic acids is 1. The summed E-state index contributed by atoms with van der Waals surface area (Å²) in [5, 5.41) is 15.0. The number of nitrogens with one attached hydrogen (secondary N) is 2. The van der Waals surface area contributed by atoms with Gasteiger partial charge in [-0.3, -0.25) is 9.59 Å². The highest BCUT2D eigenvalue weighted by atomic mass is 19.4. The van der Waals surface area contributed by atoms with Crippen LogP contribution in [0.25, 0.3) is 0 Å². The average Bonchev–Trinajstić information content (AvgIpc) is 2.91. The van der Waals surface area contributed by atoms with Gasteiger partial charge in [-0.05, 0) is 87.0 Å². The maximum absolute atomic E-state index is 13.4. The van der Waals surface area contributed by atoms with Gasteiger partial charge in [0.25, 0.3) is 0 Å². The van der Waals surface area contributed by atoms with Crippen LogP contribution in [0.4, 0.5) is 32.2 Å². The van der Waals surface area contributed by atoms with Gasteiger partial charge in [0.15, 0.2) is 0 Å². The van der Waals surface area contributed by atoms with Crippen molar-refractivity contribution in [2.24, 2.45) is 5.92 Å². The fraction of sp³-hybridized carbons (Fsp3) is 0.536. The number of carbonyl (C=O) groups is 2. The fourth-order valence-corrected chi connectivity index (χ4v) is 5.36. The number of alkyl halides is 6. The summed E-state index contributed by atoms with van der Waals surface area (Å²) < 4.78 is 80.2. The number of likely N-dealkylation sites (tertiary alicyclic amines) is 1. The largest absolute Gasteiger partial charge is 0.481 e. The van der Waals surface area contributed by atoms with Gasteiger partial charge in [0.05, 0.1) is 29.5 Å². The summed E-state index contributed by atoms with van der Waals surface area (Å²) in [5.74, 6) is -1.74. The van der Waals surface area contributed by atoms with Crippen LogP contribution in [-0.4, -0.2) is 53.0 Å². The van der Waals surface area contributed by atoms with Crippen LogP contribution in [0.1, 0.15) is 66.1 Å². The number of anilines is 1. The number of halogens is 6. The normalized spacial score (nSPS) is 18.7. The van der Waals surface area contributed by atoms with Crippen LogP contribution < -0.4 is 10.6 Å². The Kier molecular flexibility index (Phi) is 9.45. The smallest absolute Gasteiger partial charge is 0.416 e. The van der Waals surface area contributed by atoms with E-state index in [-0.39, 0.29) is 6.07 Å². The Hall–Kier alpha value is -3.35. The lowest BCUT2D eigenvalue weighted by molar-refractivity contribution is -0.143. The Morgan fingerprint density at radius 3 is 2.44 bits per heavy atom. The highest BCUT2D eigenvalue weighted by Gasteiger charge is 2.38. The first-order chi connectivity index (χ1) is 19.3. The number of pyridine rings is 1. The van der Waals surface area contributed by atoms with E-state index in [0.29, 0.717) is 38.1 Å². The Morgan fingerprint density at radius 2 is 1.78 bits per heavy atom. The van der Waals surface area contributed by atoms with E-state index >= 15 is 0 Å². The van der Waals surface area contributed by atoms with Gasteiger partial charge in [-0.1, -0.05) is 6.07 Å². The molecule has 0 spiro atoms. The second kappa shape index (κ2) is 12.7. The Labute approximate surface area is 233 Å². The van der Waals surface area contributed by atoms with Crippen molar-refractivity contribution in [3.8, 4) is 0 Å². The summed E-state index contributed by atoms with van der Waals surface area (Å²) >= 11 is 0. The number of fused-ring (bicyclic) bond motifs is 1. The van der Waals surface area contributed by atoms with E-state index < -0.39 is 59.3 Å². The number of carboxylic acid groups (broad SMARTS) is 1. The Balaban J connectivity index is 1.40. The molecule has 224 valence electrons. The van der Waals surface area contributed by atoms with Crippen LogP contribution in [0.3, 0.4) is 0 Å². The molecule has 41 heavy (non-hydrogen) atoms. The first-order valence-corrected chi connectivity index (χ1v) is 13.6. The van der Waals surface area contributed by atoms with Crippen LogP contribution >= 0.6 is 0 Å². The SMILES string of the molecule is O=C(O)CC(NC(=O)[C@@H]1CCCN(CCCc2ccc3c(n2)NCCC3)C1)c1cc(C(F)(F)F)cc(C(F)(F)F)c1. The zero-order valence-corrected chi connectivity index (χ0v) is 22.2. The topological polar surface area (TPSA) is 94.6 Å². The fourth-order valence-electron chi connectivity index (χ4n) is 5.36. The summed E-state index contributed by atoms with van der Waals surface area (Å²) in [6.07, 6.45) is -6.33. The summed E-state index contributed by atoms with van der Waals surface area (Å²) in [6.45, 7) is 2.66. The number of aryl methyl sites for hydroxylation is 2. The molecule has 1 unspecified atom stereocenters. The molecule has 1 aromatic heterocycles. The minimum Gasteiger partial charge on any atom is -0.481 e. The van der Waals surface area contributed by atoms with Crippen LogP contribution in [0.15, 0.2) is 30.3 Å². The first-order valence-electron chi connectivity index (χ1n) is 13.6. The van der Waals surface area contributed by atoms with Gasteiger partial charge in [0, 0.05) is 18.8 Å².